The second kappa shape index (κ2) is 6.71. The number of aryl methyl sites for hydroxylation is 1. The highest BCUT2D eigenvalue weighted by atomic mass is 16.6. The van der Waals surface area contributed by atoms with Crippen molar-refractivity contribution >= 4 is 11.7 Å². The summed E-state index contributed by atoms with van der Waals surface area (Å²) in [6.07, 6.45) is 0.642. The molecule has 2 aromatic rings. The van der Waals surface area contributed by atoms with Gasteiger partial charge in [-0.2, -0.15) is 0 Å². The van der Waals surface area contributed by atoms with Crippen molar-refractivity contribution in [1.29, 1.82) is 0 Å². The van der Waals surface area contributed by atoms with Gasteiger partial charge in [0, 0.05) is 12.1 Å². The van der Waals surface area contributed by atoms with Crippen LogP contribution in [0.2, 0.25) is 0 Å². The van der Waals surface area contributed by atoms with Crippen LogP contribution in [0.3, 0.4) is 0 Å². The number of benzene rings is 2. The summed E-state index contributed by atoms with van der Waals surface area (Å²) in [4.78, 5) is 20.7. The summed E-state index contributed by atoms with van der Waals surface area (Å²) in [5.41, 5.74) is 3.06. The maximum absolute atomic E-state index is 10.6. The third-order valence-electron chi connectivity index (χ3n) is 3.22. The van der Waals surface area contributed by atoms with Gasteiger partial charge >= 0.3 is 5.97 Å². The molecule has 0 saturated heterocycles. The van der Waals surface area contributed by atoms with Gasteiger partial charge in [0.25, 0.3) is 5.69 Å². The van der Waals surface area contributed by atoms with Crippen molar-refractivity contribution in [3.63, 3.8) is 0 Å². The summed E-state index contributed by atoms with van der Waals surface area (Å²) >= 11 is 0. The van der Waals surface area contributed by atoms with Crippen molar-refractivity contribution in [3.8, 4) is 5.75 Å². The molecule has 2 aromatic carbocycles. The van der Waals surface area contributed by atoms with Crippen molar-refractivity contribution in [3.05, 3.63) is 69.3 Å². The Morgan fingerprint density at radius 2 is 1.91 bits per heavy atom. The number of hydrogen-bond donors (Lipinski definition) is 1. The van der Waals surface area contributed by atoms with Gasteiger partial charge in [-0.05, 0) is 42.2 Å². The molecule has 0 radical (unpaired) electrons. The number of ether oxygens (including phenoxy) is 1. The predicted molar refractivity (Wildman–Crippen MR) is 80.2 cm³/mol. The average molecular weight is 301 g/mol. The zero-order valence-corrected chi connectivity index (χ0v) is 12.0. The highest BCUT2D eigenvalue weighted by molar-refractivity contribution is 5.68. The van der Waals surface area contributed by atoms with Gasteiger partial charge in [0.15, 0.2) is 6.61 Å². The Kier molecular flexibility index (Phi) is 4.73. The maximum atomic E-state index is 10.6. The van der Waals surface area contributed by atoms with Crippen LogP contribution < -0.4 is 4.74 Å². The van der Waals surface area contributed by atoms with Gasteiger partial charge in [-0.3, -0.25) is 10.1 Å². The monoisotopic (exact) mass is 301 g/mol. The third kappa shape index (κ3) is 4.05. The number of hydrogen-bond acceptors (Lipinski definition) is 4. The van der Waals surface area contributed by atoms with Crippen LogP contribution in [-0.2, 0) is 11.2 Å². The fourth-order valence-corrected chi connectivity index (χ4v) is 2.06. The van der Waals surface area contributed by atoms with Crippen molar-refractivity contribution in [1.82, 2.24) is 0 Å². The van der Waals surface area contributed by atoms with Crippen LogP contribution in [0.25, 0.3) is 0 Å². The molecule has 0 aliphatic carbocycles. The summed E-state index contributed by atoms with van der Waals surface area (Å²) in [6, 6.07) is 11.8. The van der Waals surface area contributed by atoms with Gasteiger partial charge in [0.05, 0.1) is 4.92 Å². The molecule has 2 rings (SSSR count). The van der Waals surface area contributed by atoms with Crippen molar-refractivity contribution in [2.45, 2.75) is 13.3 Å². The summed E-state index contributed by atoms with van der Waals surface area (Å²) in [5.74, 6) is -0.514. The van der Waals surface area contributed by atoms with E-state index in [-0.39, 0.29) is 12.3 Å². The minimum Gasteiger partial charge on any atom is -0.482 e. The number of carbonyl (C=O) groups is 1. The van der Waals surface area contributed by atoms with Crippen LogP contribution in [0.15, 0.2) is 42.5 Å². The fourth-order valence-electron chi connectivity index (χ4n) is 2.06. The first-order valence-electron chi connectivity index (χ1n) is 6.63. The molecular formula is C16H15NO5. The number of aliphatic carboxylic acids is 1. The lowest BCUT2D eigenvalue weighted by atomic mass is 10.0. The Balaban J connectivity index is 2.09. The molecule has 6 heteroatoms. The number of non-ortho nitro benzene ring substituents is 1. The lowest BCUT2D eigenvalue weighted by Crippen LogP contribution is -2.09. The highest BCUT2D eigenvalue weighted by Gasteiger charge is 2.07. The number of carboxylic acid groups (broad SMARTS) is 1. The van der Waals surface area contributed by atoms with E-state index in [0.29, 0.717) is 12.2 Å². The van der Waals surface area contributed by atoms with Gasteiger partial charge in [-0.1, -0.05) is 18.2 Å². The Hall–Kier alpha value is -2.89. The topological polar surface area (TPSA) is 89.7 Å². The van der Waals surface area contributed by atoms with Crippen LogP contribution >= 0.6 is 0 Å². The summed E-state index contributed by atoms with van der Waals surface area (Å²) < 4.78 is 5.12. The molecule has 0 aromatic heterocycles. The average Bonchev–Trinajstić information content (AvgIpc) is 2.48. The molecule has 0 unspecified atom stereocenters. The van der Waals surface area contributed by atoms with E-state index in [1.165, 1.54) is 12.1 Å². The lowest BCUT2D eigenvalue weighted by molar-refractivity contribution is -0.384. The molecule has 0 aliphatic heterocycles. The van der Waals surface area contributed by atoms with E-state index in [1.54, 1.807) is 24.3 Å². The molecule has 0 bridgehead atoms. The van der Waals surface area contributed by atoms with Gasteiger partial charge in [0.2, 0.25) is 0 Å². The Labute approximate surface area is 127 Å². The van der Waals surface area contributed by atoms with Gasteiger partial charge in [-0.15, -0.1) is 0 Å². The first-order chi connectivity index (χ1) is 10.5. The number of rotatable bonds is 6. The number of nitro benzene ring substituents is 1. The summed E-state index contributed by atoms with van der Waals surface area (Å²) in [5, 5.41) is 19.2. The number of nitrogens with zero attached hydrogens (tertiary/aromatic N) is 1. The predicted octanol–water partition coefficient (Wildman–Crippen LogP) is 2.96. The van der Waals surface area contributed by atoms with Gasteiger partial charge < -0.3 is 9.84 Å². The minimum absolute atomic E-state index is 0.0675. The summed E-state index contributed by atoms with van der Waals surface area (Å²) in [6.45, 7) is 1.54. The highest BCUT2D eigenvalue weighted by Crippen LogP contribution is 2.21. The molecule has 1 N–H and O–H groups in total. The molecule has 0 amide bonds. The largest absolute Gasteiger partial charge is 0.482 e. The molecule has 0 atom stereocenters. The first-order valence-corrected chi connectivity index (χ1v) is 6.63. The standard InChI is InChI=1S/C16H15NO5/c1-11-8-15(22-10-16(18)19)7-4-13(11)9-12-2-5-14(6-3-12)17(20)21/h2-8H,9-10H2,1H3,(H,18,19). The van der Waals surface area contributed by atoms with E-state index < -0.39 is 10.9 Å². The molecule has 0 spiro atoms. The van der Waals surface area contributed by atoms with E-state index in [4.69, 9.17) is 9.84 Å². The number of carboxylic acids is 1. The van der Waals surface area contributed by atoms with Crippen LogP contribution in [-0.4, -0.2) is 22.6 Å². The van der Waals surface area contributed by atoms with Crippen LogP contribution in [0, 0.1) is 17.0 Å². The van der Waals surface area contributed by atoms with Crippen molar-refractivity contribution < 1.29 is 19.6 Å². The van der Waals surface area contributed by atoms with E-state index in [1.807, 2.05) is 13.0 Å². The second-order valence-electron chi connectivity index (χ2n) is 4.87. The molecule has 0 saturated carbocycles. The third-order valence-corrected chi connectivity index (χ3v) is 3.22. The molecule has 0 heterocycles. The van der Waals surface area contributed by atoms with Crippen LogP contribution in [0.5, 0.6) is 5.75 Å². The fraction of sp³-hybridized carbons (Fsp3) is 0.188. The Morgan fingerprint density at radius 3 is 2.45 bits per heavy atom. The molecule has 22 heavy (non-hydrogen) atoms. The zero-order chi connectivity index (χ0) is 16.1. The molecular weight excluding hydrogens is 286 g/mol. The van der Waals surface area contributed by atoms with Gasteiger partial charge in [0.1, 0.15) is 5.75 Å². The Morgan fingerprint density at radius 1 is 1.23 bits per heavy atom. The lowest BCUT2D eigenvalue weighted by Gasteiger charge is -2.09. The molecule has 0 fully saturated rings. The van der Waals surface area contributed by atoms with E-state index in [2.05, 4.69) is 0 Å². The quantitative estimate of drug-likeness (QED) is 0.654. The Bertz CT molecular complexity index is 694. The van der Waals surface area contributed by atoms with E-state index in [9.17, 15) is 14.9 Å². The van der Waals surface area contributed by atoms with E-state index >= 15 is 0 Å². The van der Waals surface area contributed by atoms with Gasteiger partial charge in [-0.25, -0.2) is 4.79 Å². The van der Waals surface area contributed by atoms with Crippen LogP contribution in [0.4, 0.5) is 5.69 Å². The molecule has 114 valence electrons. The van der Waals surface area contributed by atoms with Crippen molar-refractivity contribution in [2.75, 3.05) is 6.61 Å². The van der Waals surface area contributed by atoms with E-state index in [0.717, 1.165) is 16.7 Å². The number of nitro groups is 1. The van der Waals surface area contributed by atoms with Crippen molar-refractivity contribution in [2.24, 2.45) is 0 Å². The van der Waals surface area contributed by atoms with Crippen LogP contribution in [0.1, 0.15) is 16.7 Å². The maximum Gasteiger partial charge on any atom is 0.341 e. The minimum atomic E-state index is -1.02. The first kappa shape index (κ1) is 15.5. The SMILES string of the molecule is Cc1cc(OCC(=O)O)ccc1Cc1ccc([N+](=O)[O-])cc1. The normalized spacial score (nSPS) is 10.2. The molecule has 0 aliphatic rings. The summed E-state index contributed by atoms with van der Waals surface area (Å²) in [7, 11) is 0. The molecule has 6 nitrogen and oxygen atoms in total. The second-order valence-corrected chi connectivity index (χ2v) is 4.87. The zero-order valence-electron chi connectivity index (χ0n) is 12.0. The smallest absolute Gasteiger partial charge is 0.341 e.